The molecule has 0 saturated carbocycles. The number of benzene rings is 1. The van der Waals surface area contributed by atoms with Gasteiger partial charge in [-0.15, -0.1) is 0 Å². The maximum Gasteiger partial charge on any atom is 0.243 e. The molecule has 1 aliphatic rings. The third-order valence-electron chi connectivity index (χ3n) is 3.19. The Hall–Kier alpha value is -1.88. The Morgan fingerprint density at radius 1 is 1.39 bits per heavy atom. The topological polar surface area (TPSA) is 70.2 Å². The monoisotopic (exact) mass is 247 g/mol. The Kier molecular flexibility index (Phi) is 3.62. The van der Waals surface area contributed by atoms with Gasteiger partial charge in [-0.2, -0.15) is 0 Å². The van der Waals surface area contributed by atoms with Crippen molar-refractivity contribution in [1.82, 2.24) is 10.6 Å². The average Bonchev–Trinajstić information content (AvgIpc) is 2.36. The summed E-state index contributed by atoms with van der Waals surface area (Å²) in [6.45, 7) is 4.49. The van der Waals surface area contributed by atoms with Crippen LogP contribution in [0.15, 0.2) is 18.2 Å². The van der Waals surface area contributed by atoms with Crippen molar-refractivity contribution in [3.8, 4) is 0 Å². The van der Waals surface area contributed by atoms with Crippen LogP contribution in [0.25, 0.3) is 0 Å². The number of carbonyl (C=O) groups excluding carboxylic acids is 2. The summed E-state index contributed by atoms with van der Waals surface area (Å²) in [5.41, 5.74) is 3.02. The Labute approximate surface area is 106 Å². The lowest BCUT2D eigenvalue weighted by atomic mass is 10.1. The van der Waals surface area contributed by atoms with Crippen LogP contribution in [0.5, 0.6) is 0 Å². The van der Waals surface area contributed by atoms with E-state index in [1.165, 1.54) is 0 Å². The van der Waals surface area contributed by atoms with E-state index >= 15 is 0 Å². The van der Waals surface area contributed by atoms with Crippen LogP contribution in [0.2, 0.25) is 0 Å². The van der Waals surface area contributed by atoms with Crippen LogP contribution in [0.1, 0.15) is 11.1 Å². The number of carbonyl (C=O) groups is 2. The first kappa shape index (κ1) is 12.6. The Balaban J connectivity index is 2.03. The van der Waals surface area contributed by atoms with Crippen molar-refractivity contribution in [2.75, 3.05) is 18.4 Å². The zero-order chi connectivity index (χ0) is 13.1. The number of piperazine rings is 1. The Morgan fingerprint density at radius 2 is 2.17 bits per heavy atom. The zero-order valence-electron chi connectivity index (χ0n) is 10.5. The van der Waals surface area contributed by atoms with Gasteiger partial charge in [-0.1, -0.05) is 12.1 Å². The minimum Gasteiger partial charge on any atom is -0.353 e. The molecule has 0 aromatic heterocycles. The summed E-state index contributed by atoms with van der Waals surface area (Å²) >= 11 is 0. The van der Waals surface area contributed by atoms with Gasteiger partial charge >= 0.3 is 0 Å². The smallest absolute Gasteiger partial charge is 0.243 e. The van der Waals surface area contributed by atoms with Crippen molar-refractivity contribution < 1.29 is 9.59 Å². The minimum absolute atomic E-state index is 0.0780. The molecule has 96 valence electrons. The molecular formula is C13H17N3O2. The second-order valence-corrected chi connectivity index (χ2v) is 4.47. The third-order valence-corrected chi connectivity index (χ3v) is 3.19. The maximum atomic E-state index is 12.0. The fourth-order valence-electron chi connectivity index (χ4n) is 1.86. The van der Waals surface area contributed by atoms with E-state index in [9.17, 15) is 9.59 Å². The third kappa shape index (κ3) is 2.68. The molecule has 1 heterocycles. The normalized spacial score (nSPS) is 19.2. The van der Waals surface area contributed by atoms with Gasteiger partial charge in [0.25, 0.3) is 0 Å². The van der Waals surface area contributed by atoms with E-state index in [1.807, 2.05) is 32.0 Å². The van der Waals surface area contributed by atoms with Gasteiger partial charge in [-0.05, 0) is 31.0 Å². The van der Waals surface area contributed by atoms with Gasteiger partial charge in [0.1, 0.15) is 6.04 Å². The Bertz CT molecular complexity index is 475. The highest BCUT2D eigenvalue weighted by Gasteiger charge is 2.23. The molecule has 0 aliphatic carbocycles. The molecule has 2 amide bonds. The molecular weight excluding hydrogens is 230 g/mol. The molecule has 0 spiro atoms. The fourth-order valence-corrected chi connectivity index (χ4v) is 1.86. The van der Waals surface area contributed by atoms with Crippen LogP contribution in [0.3, 0.4) is 0 Å². The van der Waals surface area contributed by atoms with Gasteiger partial charge in [0, 0.05) is 12.2 Å². The molecule has 1 aliphatic heterocycles. The lowest BCUT2D eigenvalue weighted by molar-refractivity contribution is -0.124. The number of amides is 2. The fraction of sp³-hybridized carbons (Fsp3) is 0.385. The summed E-state index contributed by atoms with van der Waals surface area (Å²) < 4.78 is 0. The van der Waals surface area contributed by atoms with E-state index in [0.29, 0.717) is 6.54 Å². The highest BCUT2D eigenvalue weighted by Crippen LogP contribution is 2.18. The number of anilines is 1. The van der Waals surface area contributed by atoms with Crippen LogP contribution in [-0.4, -0.2) is 30.9 Å². The first-order valence-corrected chi connectivity index (χ1v) is 5.95. The summed E-state index contributed by atoms with van der Waals surface area (Å²) in [7, 11) is 0. The number of aryl methyl sites for hydroxylation is 1. The van der Waals surface area contributed by atoms with Crippen LogP contribution in [-0.2, 0) is 9.59 Å². The zero-order valence-corrected chi connectivity index (χ0v) is 10.5. The highest BCUT2D eigenvalue weighted by molar-refractivity contribution is 5.97. The van der Waals surface area contributed by atoms with Gasteiger partial charge in [0.05, 0.1) is 6.54 Å². The van der Waals surface area contributed by atoms with Crippen molar-refractivity contribution in [3.05, 3.63) is 29.3 Å². The largest absolute Gasteiger partial charge is 0.353 e. The van der Waals surface area contributed by atoms with Crippen LogP contribution in [0.4, 0.5) is 5.69 Å². The molecule has 3 N–H and O–H groups in total. The quantitative estimate of drug-likeness (QED) is 0.705. The van der Waals surface area contributed by atoms with E-state index in [4.69, 9.17) is 0 Å². The molecule has 1 saturated heterocycles. The first-order valence-electron chi connectivity index (χ1n) is 5.95. The number of hydrogen-bond donors (Lipinski definition) is 3. The molecule has 2 rings (SSSR count). The lowest BCUT2D eigenvalue weighted by Gasteiger charge is -2.23. The van der Waals surface area contributed by atoms with Gasteiger partial charge < -0.3 is 10.6 Å². The molecule has 0 bridgehead atoms. The molecule has 1 aromatic carbocycles. The molecule has 1 aromatic rings. The minimum atomic E-state index is -0.373. The Morgan fingerprint density at radius 3 is 2.83 bits per heavy atom. The molecule has 1 atom stereocenters. The molecule has 18 heavy (non-hydrogen) atoms. The highest BCUT2D eigenvalue weighted by atomic mass is 16.2. The summed E-state index contributed by atoms with van der Waals surface area (Å²) in [4.78, 5) is 23.0. The first-order chi connectivity index (χ1) is 8.58. The predicted octanol–water partition coefficient (Wildman–Crippen LogP) is 0.330. The van der Waals surface area contributed by atoms with Crippen molar-refractivity contribution in [2.24, 2.45) is 0 Å². The van der Waals surface area contributed by atoms with Gasteiger partial charge in [-0.3, -0.25) is 14.9 Å². The molecule has 0 radical (unpaired) electrons. The van der Waals surface area contributed by atoms with Crippen molar-refractivity contribution >= 4 is 17.5 Å². The number of hydrogen-bond acceptors (Lipinski definition) is 3. The van der Waals surface area contributed by atoms with Crippen molar-refractivity contribution in [2.45, 2.75) is 19.9 Å². The molecule has 5 nitrogen and oxygen atoms in total. The molecule has 1 fully saturated rings. The van der Waals surface area contributed by atoms with Crippen LogP contribution in [0, 0.1) is 13.8 Å². The summed E-state index contributed by atoms with van der Waals surface area (Å²) in [6.07, 6.45) is 0. The summed E-state index contributed by atoms with van der Waals surface area (Å²) in [5.74, 6) is -0.200. The number of rotatable bonds is 2. The molecule has 5 heteroatoms. The second-order valence-electron chi connectivity index (χ2n) is 4.47. The van der Waals surface area contributed by atoms with Gasteiger partial charge in [0.2, 0.25) is 11.8 Å². The predicted molar refractivity (Wildman–Crippen MR) is 69.3 cm³/mol. The summed E-state index contributed by atoms with van der Waals surface area (Å²) in [6, 6.07) is 5.42. The van der Waals surface area contributed by atoms with E-state index in [0.717, 1.165) is 16.8 Å². The number of nitrogens with one attached hydrogen (secondary N) is 3. The van der Waals surface area contributed by atoms with Crippen molar-refractivity contribution in [3.63, 3.8) is 0 Å². The van der Waals surface area contributed by atoms with E-state index in [-0.39, 0.29) is 24.4 Å². The van der Waals surface area contributed by atoms with E-state index in [2.05, 4.69) is 16.0 Å². The lowest BCUT2D eigenvalue weighted by Crippen LogP contribution is -2.56. The van der Waals surface area contributed by atoms with Gasteiger partial charge in [-0.25, -0.2) is 0 Å². The second kappa shape index (κ2) is 5.18. The van der Waals surface area contributed by atoms with E-state index < -0.39 is 0 Å². The van der Waals surface area contributed by atoms with Crippen LogP contribution >= 0.6 is 0 Å². The average molecular weight is 247 g/mol. The molecule has 1 unspecified atom stereocenters. The SMILES string of the molecule is Cc1cccc(NC(=O)C2CNC(=O)CN2)c1C. The standard InChI is InChI=1S/C13H17N3O2/c1-8-4-3-5-10(9(8)2)16-13(18)11-6-15-12(17)7-14-11/h3-5,11,14H,6-7H2,1-2H3,(H,15,17)(H,16,18). The summed E-state index contributed by atoms with van der Waals surface area (Å²) in [5, 5.41) is 8.44. The van der Waals surface area contributed by atoms with E-state index in [1.54, 1.807) is 0 Å². The maximum absolute atomic E-state index is 12.0. The van der Waals surface area contributed by atoms with Crippen LogP contribution < -0.4 is 16.0 Å². The van der Waals surface area contributed by atoms with Crippen molar-refractivity contribution in [1.29, 1.82) is 0 Å². The van der Waals surface area contributed by atoms with Gasteiger partial charge in [0.15, 0.2) is 0 Å².